The van der Waals surface area contributed by atoms with E-state index in [1.165, 1.54) is 0 Å². The third kappa shape index (κ3) is 3.94. The van der Waals surface area contributed by atoms with Crippen molar-refractivity contribution in [2.45, 2.75) is 32.7 Å². The summed E-state index contributed by atoms with van der Waals surface area (Å²) in [6.07, 6.45) is 3.75. The zero-order chi connectivity index (χ0) is 13.7. The van der Waals surface area contributed by atoms with Crippen LogP contribution in [0.15, 0.2) is 6.20 Å². The Bertz CT molecular complexity index is 410. The van der Waals surface area contributed by atoms with Gasteiger partial charge in [-0.25, -0.2) is 4.98 Å². The van der Waals surface area contributed by atoms with Gasteiger partial charge in [0.25, 0.3) is 0 Å². The van der Waals surface area contributed by atoms with Crippen molar-refractivity contribution in [3.05, 3.63) is 11.2 Å². The number of nitrogens with one attached hydrogen (secondary N) is 2. The van der Waals surface area contributed by atoms with Crippen LogP contribution in [0.5, 0.6) is 0 Å². The summed E-state index contributed by atoms with van der Waals surface area (Å²) in [5.41, 5.74) is 0. The molecule has 2 rings (SSSR count). The van der Waals surface area contributed by atoms with Crippen LogP contribution in [0.2, 0.25) is 5.02 Å². The molecule has 0 aliphatic carbocycles. The first kappa shape index (κ1) is 14.3. The molecule has 0 saturated carbocycles. The number of halogens is 1. The highest BCUT2D eigenvalue weighted by Crippen LogP contribution is 2.24. The van der Waals surface area contributed by atoms with Crippen molar-refractivity contribution in [3.8, 4) is 0 Å². The number of nitrogens with zero attached hydrogens (tertiary/aromatic N) is 2. The Kier molecular flexibility index (Phi) is 5.22. The highest BCUT2D eigenvalue weighted by atomic mass is 35.5. The summed E-state index contributed by atoms with van der Waals surface area (Å²) in [6.45, 7) is 6.74. The Hall–Kier alpha value is -1.07. The molecule has 19 heavy (non-hydrogen) atoms. The lowest BCUT2D eigenvalue weighted by atomic mass is 10.0. The fraction of sp³-hybridized carbons (Fsp3) is 0.692. The Morgan fingerprint density at radius 1 is 1.58 bits per heavy atom. The van der Waals surface area contributed by atoms with Gasteiger partial charge < -0.3 is 15.4 Å². The van der Waals surface area contributed by atoms with Crippen molar-refractivity contribution in [2.24, 2.45) is 5.92 Å². The fourth-order valence-corrected chi connectivity index (χ4v) is 2.22. The van der Waals surface area contributed by atoms with Crippen LogP contribution in [0, 0.1) is 5.92 Å². The first-order chi connectivity index (χ1) is 9.20. The molecule has 2 heterocycles. The van der Waals surface area contributed by atoms with E-state index < -0.39 is 0 Å². The summed E-state index contributed by atoms with van der Waals surface area (Å²) in [7, 11) is 0. The molecular weight excluding hydrogens is 264 g/mol. The molecule has 2 atom stereocenters. The summed E-state index contributed by atoms with van der Waals surface area (Å²) in [4.78, 5) is 8.58. The smallest absolute Gasteiger partial charge is 0.224 e. The molecule has 1 saturated heterocycles. The number of ether oxygens (including phenoxy) is 1. The van der Waals surface area contributed by atoms with Gasteiger partial charge in [0.05, 0.1) is 12.8 Å². The predicted molar refractivity (Wildman–Crippen MR) is 77.8 cm³/mol. The van der Waals surface area contributed by atoms with E-state index in [1.54, 1.807) is 6.20 Å². The van der Waals surface area contributed by atoms with Crippen molar-refractivity contribution >= 4 is 23.4 Å². The van der Waals surface area contributed by atoms with Crippen molar-refractivity contribution in [1.82, 2.24) is 9.97 Å². The van der Waals surface area contributed by atoms with Crippen LogP contribution in [0.3, 0.4) is 0 Å². The van der Waals surface area contributed by atoms with Crippen molar-refractivity contribution in [2.75, 3.05) is 30.4 Å². The SMILES string of the molecule is CCCNc1ncc(Cl)c(NC(C)C2CCOC2)n1. The lowest BCUT2D eigenvalue weighted by molar-refractivity contribution is 0.183. The number of hydrogen-bond acceptors (Lipinski definition) is 5. The molecule has 1 aliphatic rings. The zero-order valence-corrected chi connectivity index (χ0v) is 12.2. The minimum absolute atomic E-state index is 0.286. The van der Waals surface area contributed by atoms with E-state index in [4.69, 9.17) is 16.3 Å². The molecule has 5 nitrogen and oxygen atoms in total. The van der Waals surface area contributed by atoms with Gasteiger partial charge in [0.1, 0.15) is 5.02 Å². The molecule has 1 aromatic heterocycles. The number of hydrogen-bond donors (Lipinski definition) is 2. The van der Waals surface area contributed by atoms with Crippen LogP contribution in [-0.4, -0.2) is 35.8 Å². The van der Waals surface area contributed by atoms with Crippen LogP contribution in [0.4, 0.5) is 11.8 Å². The Labute approximate surface area is 119 Å². The number of aromatic nitrogens is 2. The van der Waals surface area contributed by atoms with E-state index >= 15 is 0 Å². The van der Waals surface area contributed by atoms with Crippen LogP contribution >= 0.6 is 11.6 Å². The maximum atomic E-state index is 6.13. The first-order valence-electron chi connectivity index (χ1n) is 6.81. The minimum Gasteiger partial charge on any atom is -0.381 e. The molecule has 106 valence electrons. The molecule has 1 aliphatic heterocycles. The van der Waals surface area contributed by atoms with Crippen molar-refractivity contribution in [3.63, 3.8) is 0 Å². The molecule has 0 radical (unpaired) electrons. The third-order valence-corrected chi connectivity index (χ3v) is 3.59. The van der Waals surface area contributed by atoms with Gasteiger partial charge in [-0.3, -0.25) is 0 Å². The maximum absolute atomic E-state index is 6.13. The molecule has 1 fully saturated rings. The summed E-state index contributed by atoms with van der Waals surface area (Å²) in [5, 5.41) is 7.07. The fourth-order valence-electron chi connectivity index (χ4n) is 2.07. The average Bonchev–Trinajstić information content (AvgIpc) is 2.93. The van der Waals surface area contributed by atoms with E-state index in [0.29, 0.717) is 22.7 Å². The van der Waals surface area contributed by atoms with Crippen LogP contribution < -0.4 is 10.6 Å². The molecule has 0 spiro atoms. The van der Waals surface area contributed by atoms with Gasteiger partial charge in [-0.2, -0.15) is 4.98 Å². The van der Waals surface area contributed by atoms with E-state index in [9.17, 15) is 0 Å². The van der Waals surface area contributed by atoms with Gasteiger partial charge in [0.2, 0.25) is 5.95 Å². The Morgan fingerprint density at radius 2 is 2.42 bits per heavy atom. The van der Waals surface area contributed by atoms with Gasteiger partial charge in [0, 0.05) is 25.1 Å². The first-order valence-corrected chi connectivity index (χ1v) is 7.19. The summed E-state index contributed by atoms with van der Waals surface area (Å²) in [6, 6.07) is 0.286. The monoisotopic (exact) mass is 284 g/mol. The predicted octanol–water partition coefficient (Wildman–Crippen LogP) is 2.79. The molecule has 0 aromatic carbocycles. The van der Waals surface area contributed by atoms with E-state index in [2.05, 4.69) is 34.4 Å². The summed E-state index contributed by atoms with van der Waals surface area (Å²) < 4.78 is 5.40. The molecule has 0 amide bonds. The second-order valence-corrected chi connectivity index (χ2v) is 5.28. The van der Waals surface area contributed by atoms with Gasteiger partial charge in [-0.15, -0.1) is 0 Å². The van der Waals surface area contributed by atoms with Gasteiger partial charge in [-0.1, -0.05) is 18.5 Å². The molecule has 1 aromatic rings. The van der Waals surface area contributed by atoms with Gasteiger partial charge in [-0.05, 0) is 19.8 Å². The minimum atomic E-state index is 0.286. The highest BCUT2D eigenvalue weighted by Gasteiger charge is 2.23. The second kappa shape index (κ2) is 6.91. The second-order valence-electron chi connectivity index (χ2n) is 4.87. The molecular formula is C13H21ClN4O. The van der Waals surface area contributed by atoms with Gasteiger partial charge in [0.15, 0.2) is 5.82 Å². The zero-order valence-electron chi connectivity index (χ0n) is 11.4. The van der Waals surface area contributed by atoms with Crippen molar-refractivity contribution < 1.29 is 4.74 Å². The van der Waals surface area contributed by atoms with Crippen LogP contribution in [0.25, 0.3) is 0 Å². The largest absolute Gasteiger partial charge is 0.381 e. The lowest BCUT2D eigenvalue weighted by Gasteiger charge is -2.20. The Balaban J connectivity index is 2.01. The molecule has 0 bridgehead atoms. The highest BCUT2D eigenvalue weighted by molar-refractivity contribution is 6.32. The molecule has 6 heteroatoms. The molecule has 2 N–H and O–H groups in total. The lowest BCUT2D eigenvalue weighted by Crippen LogP contribution is -2.27. The average molecular weight is 285 g/mol. The normalized spacial score (nSPS) is 20.3. The molecule has 2 unspecified atom stereocenters. The Morgan fingerprint density at radius 3 is 3.11 bits per heavy atom. The maximum Gasteiger partial charge on any atom is 0.224 e. The summed E-state index contributed by atoms with van der Waals surface area (Å²) in [5.74, 6) is 1.82. The third-order valence-electron chi connectivity index (χ3n) is 3.31. The summed E-state index contributed by atoms with van der Waals surface area (Å²) >= 11 is 6.13. The number of anilines is 2. The van der Waals surface area contributed by atoms with Crippen LogP contribution in [-0.2, 0) is 4.74 Å². The quantitative estimate of drug-likeness (QED) is 0.841. The standard InChI is InChI=1S/C13H21ClN4O/c1-3-5-15-13-16-7-11(14)12(18-13)17-9(2)10-4-6-19-8-10/h7,9-10H,3-6,8H2,1-2H3,(H2,15,16,17,18). The van der Waals surface area contributed by atoms with E-state index in [-0.39, 0.29) is 6.04 Å². The van der Waals surface area contributed by atoms with Gasteiger partial charge >= 0.3 is 0 Å². The number of rotatable bonds is 6. The van der Waals surface area contributed by atoms with E-state index in [0.717, 1.165) is 32.6 Å². The topological polar surface area (TPSA) is 59.1 Å². The van der Waals surface area contributed by atoms with Crippen LogP contribution in [0.1, 0.15) is 26.7 Å². The van der Waals surface area contributed by atoms with E-state index in [1.807, 2.05) is 0 Å². The van der Waals surface area contributed by atoms with Crippen molar-refractivity contribution in [1.29, 1.82) is 0 Å².